The van der Waals surface area contributed by atoms with E-state index in [9.17, 15) is 4.57 Å². The summed E-state index contributed by atoms with van der Waals surface area (Å²) in [7, 11) is 0. The summed E-state index contributed by atoms with van der Waals surface area (Å²) < 4.78 is 10.5. The monoisotopic (exact) mass is 192 g/mol. The van der Waals surface area contributed by atoms with E-state index in [1.54, 1.807) is 0 Å². The van der Waals surface area contributed by atoms with Gasteiger partial charge in [0.2, 0.25) is 0 Å². The van der Waals surface area contributed by atoms with Crippen LogP contribution in [0.25, 0.3) is 0 Å². The first kappa shape index (κ1) is 9.16. The third-order valence-corrected chi connectivity index (χ3v) is 4.44. The van der Waals surface area contributed by atoms with Gasteiger partial charge in [0.25, 0.3) is 0 Å². The summed E-state index contributed by atoms with van der Waals surface area (Å²) in [5, 5.41) is -2.63. The number of halogens is 2. The van der Waals surface area contributed by atoms with Crippen molar-refractivity contribution in [3.05, 3.63) is 0 Å². The van der Waals surface area contributed by atoms with Crippen LogP contribution in [-0.4, -0.2) is 5.25 Å². The van der Waals surface area contributed by atoms with Crippen molar-refractivity contribution in [2.24, 2.45) is 0 Å². The predicted octanol–water partition coefficient (Wildman–Crippen LogP) is 3.71. The van der Waals surface area contributed by atoms with Gasteiger partial charge in [0.1, 0.15) is 0 Å². The van der Waals surface area contributed by atoms with E-state index in [2.05, 4.69) is 0 Å². The van der Waals surface area contributed by atoms with Crippen LogP contribution < -0.4 is 0 Å². The molecule has 0 radical (unpaired) electrons. The minimum atomic E-state index is -2.86. The maximum absolute atomic E-state index is 10.5. The topological polar surface area (TPSA) is 17.1 Å². The Bertz CT molecular complexity index is 110. The van der Waals surface area contributed by atoms with Crippen LogP contribution in [0.2, 0.25) is 0 Å². The highest BCUT2D eigenvalue weighted by Gasteiger charge is 2.15. The third-order valence-electron chi connectivity index (χ3n) is 0.334. The van der Waals surface area contributed by atoms with Gasteiger partial charge in [-0.2, -0.15) is 0 Å². The van der Waals surface area contributed by atoms with E-state index in [1.807, 2.05) is 13.8 Å². The molecule has 0 spiro atoms. The summed E-state index contributed by atoms with van der Waals surface area (Å²) in [6.07, 6.45) is 0. The molecule has 0 saturated heterocycles. The van der Waals surface area contributed by atoms with E-state index >= 15 is 0 Å². The number of rotatable bonds is 2. The Morgan fingerprint density at radius 1 is 1.50 bits per heavy atom. The molecule has 0 atom stereocenters. The van der Waals surface area contributed by atoms with Crippen LogP contribution in [0, 0.1) is 0 Å². The lowest BCUT2D eigenvalue weighted by molar-refractivity contribution is 0.600. The fourth-order valence-corrected chi connectivity index (χ4v) is 5.08. The molecule has 0 bridgehead atoms. The van der Waals surface area contributed by atoms with Crippen molar-refractivity contribution in [3.8, 4) is 0 Å². The van der Waals surface area contributed by atoms with Gasteiger partial charge in [0.15, 0.2) is 0 Å². The molecule has 0 unspecified atom stereocenters. The van der Waals surface area contributed by atoms with E-state index in [-0.39, 0.29) is 5.25 Å². The smallest absolute Gasteiger partial charge is 0.277 e. The average Bonchev–Trinajstić information content (AvgIpc) is 1.21. The van der Waals surface area contributed by atoms with E-state index in [1.165, 1.54) is 0 Å². The normalized spacial score (nSPS) is 12.6. The van der Waals surface area contributed by atoms with Crippen molar-refractivity contribution in [1.29, 1.82) is 0 Å². The van der Waals surface area contributed by atoms with Crippen LogP contribution in [-0.2, 0) is 4.57 Å². The zero-order valence-corrected chi connectivity index (χ0v) is 7.82. The molecule has 0 aromatic heterocycles. The maximum atomic E-state index is 10.5. The minimum absolute atomic E-state index is 0.232. The van der Waals surface area contributed by atoms with Gasteiger partial charge in [-0.15, -0.1) is 0 Å². The van der Waals surface area contributed by atoms with E-state index in [0.717, 1.165) is 11.4 Å². The van der Waals surface area contributed by atoms with Gasteiger partial charge in [0.05, 0.1) is 0 Å². The van der Waals surface area contributed by atoms with Gasteiger partial charge in [-0.05, 0) is 22.5 Å². The van der Waals surface area contributed by atoms with Crippen LogP contribution in [0.4, 0.5) is 0 Å². The Morgan fingerprint density at radius 2 is 1.88 bits per heavy atom. The van der Waals surface area contributed by atoms with Gasteiger partial charge in [-0.3, -0.25) is 4.57 Å². The fourth-order valence-electron chi connectivity index (χ4n) is 0.245. The highest BCUT2D eigenvalue weighted by molar-refractivity contribution is 8.73. The first-order valence-corrected chi connectivity index (χ1v) is 7.10. The molecule has 5 heteroatoms. The highest BCUT2D eigenvalue weighted by Crippen LogP contribution is 2.69. The summed E-state index contributed by atoms with van der Waals surface area (Å²) in [5.41, 5.74) is 0. The summed E-state index contributed by atoms with van der Waals surface area (Å²) >= 11 is 11.5. The minimum Gasteiger partial charge on any atom is -0.277 e. The summed E-state index contributed by atoms with van der Waals surface area (Å²) in [6.45, 7) is 3.78. The zero-order valence-electron chi connectivity index (χ0n) is 4.60. The molecule has 0 aliphatic heterocycles. The van der Waals surface area contributed by atoms with Crippen molar-refractivity contribution in [1.82, 2.24) is 0 Å². The average molecular weight is 193 g/mol. The van der Waals surface area contributed by atoms with Crippen molar-refractivity contribution in [2.45, 2.75) is 19.1 Å². The Kier molecular flexibility index (Phi) is 3.85. The first-order valence-electron chi connectivity index (χ1n) is 2.09. The molecule has 0 N–H and O–H groups in total. The molecule has 0 aromatic carbocycles. The van der Waals surface area contributed by atoms with Crippen LogP contribution in [0.15, 0.2) is 0 Å². The zero-order chi connectivity index (χ0) is 6.78. The second kappa shape index (κ2) is 3.36. The molecule has 0 aliphatic carbocycles. The van der Waals surface area contributed by atoms with Gasteiger partial charge >= 0.3 is 5.05 Å². The van der Waals surface area contributed by atoms with E-state index in [4.69, 9.17) is 22.5 Å². The Labute approximate surface area is 62.8 Å². The van der Waals surface area contributed by atoms with Crippen molar-refractivity contribution >= 4 is 38.9 Å². The van der Waals surface area contributed by atoms with Crippen LogP contribution in [0.1, 0.15) is 13.8 Å². The highest BCUT2D eigenvalue weighted by atomic mass is 35.9. The standard InChI is InChI=1S/C3H7Cl2OPS/c1-3(2)8-7(4,5)6/h3H,1-2H3. The van der Waals surface area contributed by atoms with Crippen molar-refractivity contribution < 1.29 is 4.57 Å². The summed E-state index contributed by atoms with van der Waals surface area (Å²) in [4.78, 5) is 0. The quantitative estimate of drug-likeness (QED) is 0.621. The lowest BCUT2D eigenvalue weighted by Gasteiger charge is -2.02. The van der Waals surface area contributed by atoms with Crippen molar-refractivity contribution in [2.75, 3.05) is 0 Å². The van der Waals surface area contributed by atoms with E-state index < -0.39 is 5.05 Å². The molecular formula is C3H7Cl2OPS. The molecule has 0 aliphatic rings. The SMILES string of the molecule is CC(C)SP(=O)(Cl)Cl. The first-order chi connectivity index (χ1) is 3.42. The number of hydrogen-bond acceptors (Lipinski definition) is 2. The summed E-state index contributed by atoms with van der Waals surface area (Å²) in [5.74, 6) is 0. The van der Waals surface area contributed by atoms with Crippen LogP contribution in [0.3, 0.4) is 0 Å². The molecule has 0 rings (SSSR count). The molecule has 8 heavy (non-hydrogen) atoms. The second-order valence-corrected chi connectivity index (χ2v) is 10.3. The molecule has 0 saturated carbocycles. The molecule has 50 valence electrons. The Balaban J connectivity index is 3.56. The molecule has 0 fully saturated rings. The number of hydrogen-bond donors (Lipinski definition) is 0. The molecule has 0 heterocycles. The van der Waals surface area contributed by atoms with Gasteiger partial charge in [-0.1, -0.05) is 25.2 Å². The molecule has 0 aromatic rings. The fraction of sp³-hybridized carbons (Fsp3) is 1.00. The second-order valence-electron chi connectivity index (χ2n) is 1.57. The Hall–Kier alpha value is 1.16. The molecule has 0 amide bonds. The maximum Gasteiger partial charge on any atom is 0.307 e. The van der Waals surface area contributed by atoms with Gasteiger partial charge < -0.3 is 0 Å². The van der Waals surface area contributed by atoms with Gasteiger partial charge in [0, 0.05) is 5.25 Å². The third kappa shape index (κ3) is 7.16. The lowest BCUT2D eigenvalue weighted by Crippen LogP contribution is -1.79. The lowest BCUT2D eigenvalue weighted by atomic mass is 10.6. The van der Waals surface area contributed by atoms with Crippen molar-refractivity contribution in [3.63, 3.8) is 0 Å². The Morgan fingerprint density at radius 3 is 1.88 bits per heavy atom. The molecule has 1 nitrogen and oxygen atoms in total. The van der Waals surface area contributed by atoms with E-state index in [0.29, 0.717) is 0 Å². The summed E-state index contributed by atoms with van der Waals surface area (Å²) in [6, 6.07) is 0. The largest absolute Gasteiger partial charge is 0.307 e. The van der Waals surface area contributed by atoms with Gasteiger partial charge in [-0.25, -0.2) is 0 Å². The van der Waals surface area contributed by atoms with Crippen LogP contribution >= 0.6 is 38.9 Å². The predicted molar refractivity (Wildman–Crippen MR) is 42.0 cm³/mol. The van der Waals surface area contributed by atoms with Crippen LogP contribution in [0.5, 0.6) is 0 Å². The molecular weight excluding hydrogens is 186 g/mol.